The average Bonchev–Trinajstić information content (AvgIpc) is 2.44. The van der Waals surface area contributed by atoms with Crippen molar-refractivity contribution in [2.45, 2.75) is 25.9 Å². The van der Waals surface area contributed by atoms with Gasteiger partial charge in [-0.2, -0.15) is 5.26 Å². The molecule has 102 valence electrons. The predicted molar refractivity (Wildman–Crippen MR) is 71.4 cm³/mol. The predicted octanol–water partition coefficient (Wildman–Crippen LogP) is 3.08. The summed E-state index contributed by atoms with van der Waals surface area (Å²) in [7, 11) is 0. The van der Waals surface area contributed by atoms with Crippen LogP contribution in [0.4, 0.5) is 0 Å². The molecule has 1 aliphatic rings. The quantitative estimate of drug-likeness (QED) is 0.921. The van der Waals surface area contributed by atoms with Gasteiger partial charge in [0.2, 0.25) is 0 Å². The Morgan fingerprint density at radius 1 is 1.42 bits per heavy atom. The summed E-state index contributed by atoms with van der Waals surface area (Å²) in [5, 5.41) is 19.8. The van der Waals surface area contributed by atoms with E-state index >= 15 is 0 Å². The van der Waals surface area contributed by atoms with Gasteiger partial charge in [-0.05, 0) is 24.1 Å². The van der Waals surface area contributed by atoms with Crippen LogP contribution in [0.3, 0.4) is 0 Å². The van der Waals surface area contributed by atoms with Crippen LogP contribution in [0.5, 0.6) is 11.5 Å². The summed E-state index contributed by atoms with van der Waals surface area (Å²) in [6.45, 7) is 2.90. The lowest BCUT2D eigenvalue weighted by Crippen LogP contribution is -2.17. The molecule has 0 spiro atoms. The molecule has 1 aromatic rings. The first kappa shape index (κ1) is 14.0. The van der Waals surface area contributed by atoms with Crippen molar-refractivity contribution in [3.8, 4) is 17.6 Å². The fourth-order valence-corrected chi connectivity index (χ4v) is 2.41. The van der Waals surface area contributed by atoms with Gasteiger partial charge >= 0.3 is 0 Å². The number of halogens is 1. The molecular formula is C14H16ClNO3. The van der Waals surface area contributed by atoms with Crippen molar-refractivity contribution in [3.05, 3.63) is 22.7 Å². The molecule has 0 saturated heterocycles. The molecule has 0 amide bonds. The number of nitrogens with zero attached hydrogens (tertiary/aromatic N) is 1. The molecule has 2 unspecified atom stereocenters. The summed E-state index contributed by atoms with van der Waals surface area (Å²) in [4.78, 5) is 0. The Morgan fingerprint density at radius 2 is 2.16 bits per heavy atom. The molecule has 19 heavy (non-hydrogen) atoms. The van der Waals surface area contributed by atoms with Crippen LogP contribution in [0, 0.1) is 17.2 Å². The Hall–Kier alpha value is -1.44. The second kappa shape index (κ2) is 6.14. The van der Waals surface area contributed by atoms with Gasteiger partial charge in [0.05, 0.1) is 23.1 Å². The van der Waals surface area contributed by atoms with Gasteiger partial charge in [-0.1, -0.05) is 24.9 Å². The van der Waals surface area contributed by atoms with Crippen molar-refractivity contribution in [2.75, 3.05) is 13.2 Å². The van der Waals surface area contributed by atoms with Gasteiger partial charge in [0, 0.05) is 0 Å². The van der Waals surface area contributed by atoms with Crippen molar-refractivity contribution in [1.82, 2.24) is 0 Å². The number of aliphatic hydroxyl groups is 1. The minimum atomic E-state index is -0.863. The molecule has 0 aliphatic carbocycles. The molecule has 2 atom stereocenters. The Bertz CT molecular complexity index is 498. The molecule has 4 nitrogen and oxygen atoms in total. The minimum absolute atomic E-state index is 0.402. The lowest BCUT2D eigenvalue weighted by Gasteiger charge is -2.22. The number of nitriles is 1. The van der Waals surface area contributed by atoms with Crippen LogP contribution in [0.1, 0.15) is 31.4 Å². The van der Waals surface area contributed by atoms with Gasteiger partial charge in [0.1, 0.15) is 13.2 Å². The van der Waals surface area contributed by atoms with Gasteiger partial charge in [-0.3, -0.25) is 0 Å². The monoisotopic (exact) mass is 281 g/mol. The maximum Gasteiger partial charge on any atom is 0.179 e. The third-order valence-electron chi connectivity index (χ3n) is 3.11. The van der Waals surface area contributed by atoms with Gasteiger partial charge in [-0.15, -0.1) is 0 Å². The molecular weight excluding hydrogens is 266 g/mol. The second-order valence-corrected chi connectivity index (χ2v) is 4.90. The highest BCUT2D eigenvalue weighted by molar-refractivity contribution is 6.32. The third kappa shape index (κ3) is 2.94. The average molecular weight is 282 g/mol. The Morgan fingerprint density at radius 3 is 2.84 bits per heavy atom. The molecule has 2 rings (SSSR count). The molecule has 0 bridgehead atoms. The van der Waals surface area contributed by atoms with E-state index in [1.807, 2.05) is 6.92 Å². The van der Waals surface area contributed by atoms with Crippen molar-refractivity contribution in [1.29, 1.82) is 5.26 Å². The number of aliphatic hydroxyl groups excluding tert-OH is 1. The molecule has 0 fully saturated rings. The summed E-state index contributed by atoms with van der Waals surface area (Å²) in [5.74, 6) is 0.595. The fourth-order valence-electron chi connectivity index (χ4n) is 2.14. The van der Waals surface area contributed by atoms with Crippen LogP contribution < -0.4 is 9.47 Å². The van der Waals surface area contributed by atoms with Crippen LogP contribution in [-0.2, 0) is 0 Å². The van der Waals surface area contributed by atoms with Gasteiger partial charge in [0.15, 0.2) is 11.5 Å². The number of hydrogen-bond donors (Lipinski definition) is 1. The molecule has 1 N–H and O–H groups in total. The van der Waals surface area contributed by atoms with E-state index in [1.54, 1.807) is 12.1 Å². The smallest absolute Gasteiger partial charge is 0.179 e. The van der Waals surface area contributed by atoms with Gasteiger partial charge in [-0.25, -0.2) is 0 Å². The van der Waals surface area contributed by atoms with Crippen LogP contribution in [0.25, 0.3) is 0 Å². The van der Waals surface area contributed by atoms with E-state index in [0.717, 1.165) is 6.42 Å². The first-order valence-electron chi connectivity index (χ1n) is 6.34. The van der Waals surface area contributed by atoms with E-state index < -0.39 is 12.0 Å². The van der Waals surface area contributed by atoms with E-state index in [9.17, 15) is 5.11 Å². The van der Waals surface area contributed by atoms with E-state index in [1.165, 1.54) is 0 Å². The highest BCUT2D eigenvalue weighted by Gasteiger charge is 2.24. The molecule has 1 aliphatic heterocycles. The van der Waals surface area contributed by atoms with E-state index in [-0.39, 0.29) is 0 Å². The highest BCUT2D eigenvalue weighted by atomic mass is 35.5. The topological polar surface area (TPSA) is 62.5 Å². The molecule has 0 aromatic heterocycles. The third-order valence-corrected chi connectivity index (χ3v) is 3.39. The van der Waals surface area contributed by atoms with E-state index in [2.05, 4.69) is 6.07 Å². The standard InChI is InChI=1S/C14H16ClNO3/c1-2-3-9(8-16)13(17)10-6-11(15)14-12(7-10)18-4-5-19-14/h6-7,9,13,17H,2-5H2,1H3. The summed E-state index contributed by atoms with van der Waals surface area (Å²) < 4.78 is 10.9. The minimum Gasteiger partial charge on any atom is -0.486 e. The first-order valence-corrected chi connectivity index (χ1v) is 6.72. The van der Waals surface area contributed by atoms with Crippen LogP contribution in [0.15, 0.2) is 12.1 Å². The maximum atomic E-state index is 10.3. The summed E-state index contributed by atoms with van der Waals surface area (Å²) >= 11 is 6.12. The van der Waals surface area contributed by atoms with Gasteiger partial charge in [0.25, 0.3) is 0 Å². The molecule has 0 radical (unpaired) electrons. The zero-order valence-electron chi connectivity index (χ0n) is 10.7. The Balaban J connectivity index is 2.30. The SMILES string of the molecule is CCCC(C#N)C(O)c1cc(Cl)c2c(c1)OCCO2. The first-order chi connectivity index (χ1) is 9.17. The van der Waals surface area contributed by atoms with E-state index in [4.69, 9.17) is 26.3 Å². The van der Waals surface area contributed by atoms with Gasteiger partial charge < -0.3 is 14.6 Å². The van der Waals surface area contributed by atoms with Crippen LogP contribution in [0.2, 0.25) is 5.02 Å². The number of rotatable bonds is 4. The summed E-state index contributed by atoms with van der Waals surface area (Å²) in [6, 6.07) is 5.47. The summed E-state index contributed by atoms with van der Waals surface area (Å²) in [5.41, 5.74) is 0.592. The lowest BCUT2D eigenvalue weighted by atomic mass is 9.93. The fraction of sp³-hybridized carbons (Fsp3) is 0.500. The van der Waals surface area contributed by atoms with Crippen molar-refractivity contribution in [3.63, 3.8) is 0 Å². The Kier molecular flexibility index (Phi) is 4.52. The lowest BCUT2D eigenvalue weighted by molar-refractivity contribution is 0.128. The normalized spacial score (nSPS) is 16.5. The molecule has 1 heterocycles. The molecule has 0 saturated carbocycles. The van der Waals surface area contributed by atoms with Crippen molar-refractivity contribution in [2.24, 2.45) is 5.92 Å². The van der Waals surface area contributed by atoms with Crippen LogP contribution >= 0.6 is 11.6 Å². The number of ether oxygens (including phenoxy) is 2. The molecule has 5 heteroatoms. The van der Waals surface area contributed by atoms with Crippen molar-refractivity contribution >= 4 is 11.6 Å². The molecule has 1 aromatic carbocycles. The number of hydrogen-bond acceptors (Lipinski definition) is 4. The summed E-state index contributed by atoms with van der Waals surface area (Å²) in [6.07, 6.45) is 0.621. The Labute approximate surface area is 117 Å². The highest BCUT2D eigenvalue weighted by Crippen LogP contribution is 2.41. The largest absolute Gasteiger partial charge is 0.486 e. The number of fused-ring (bicyclic) bond motifs is 1. The second-order valence-electron chi connectivity index (χ2n) is 4.50. The number of benzene rings is 1. The zero-order chi connectivity index (χ0) is 13.8. The zero-order valence-corrected chi connectivity index (χ0v) is 11.5. The van der Waals surface area contributed by atoms with Crippen LogP contribution in [-0.4, -0.2) is 18.3 Å². The van der Waals surface area contributed by atoms with Crippen molar-refractivity contribution < 1.29 is 14.6 Å². The maximum absolute atomic E-state index is 10.3. The van der Waals surface area contributed by atoms with E-state index in [0.29, 0.717) is 41.7 Å².